The standard InChI is InChI=1S/C18H10ClF6N5O/c19-13-3-10(5-27-6-13)14(15(26)31)7-30-8-28-16(29-30)9-1-11(17(20,21)22)4-12(2-9)18(23,24)25/h1-8H,(H2,26,31). The van der Waals surface area contributed by atoms with Gasteiger partial charge >= 0.3 is 12.4 Å². The summed E-state index contributed by atoms with van der Waals surface area (Å²) in [6, 6.07) is 2.37. The maximum atomic E-state index is 13.0. The quantitative estimate of drug-likeness (QED) is 0.457. The first-order valence-corrected chi connectivity index (χ1v) is 8.56. The molecule has 0 saturated heterocycles. The number of amides is 1. The van der Waals surface area contributed by atoms with Gasteiger partial charge in [-0.1, -0.05) is 11.6 Å². The summed E-state index contributed by atoms with van der Waals surface area (Å²) in [4.78, 5) is 19.3. The average Bonchev–Trinajstić information content (AvgIpc) is 3.13. The number of hydrogen-bond donors (Lipinski definition) is 1. The highest BCUT2D eigenvalue weighted by Gasteiger charge is 2.37. The molecule has 2 heterocycles. The number of alkyl halides is 6. The van der Waals surface area contributed by atoms with E-state index in [2.05, 4.69) is 15.1 Å². The van der Waals surface area contributed by atoms with E-state index in [9.17, 15) is 31.1 Å². The first-order valence-electron chi connectivity index (χ1n) is 8.18. The van der Waals surface area contributed by atoms with Crippen LogP contribution in [0.1, 0.15) is 16.7 Å². The fraction of sp³-hybridized carbons (Fsp3) is 0.111. The molecule has 2 N–H and O–H groups in total. The van der Waals surface area contributed by atoms with Crippen molar-refractivity contribution < 1.29 is 31.1 Å². The number of nitrogens with two attached hydrogens (primary N) is 1. The van der Waals surface area contributed by atoms with Crippen LogP contribution in [-0.2, 0) is 17.1 Å². The minimum atomic E-state index is -5.02. The van der Waals surface area contributed by atoms with Gasteiger partial charge in [-0.05, 0) is 24.3 Å². The molecule has 3 rings (SSSR count). The van der Waals surface area contributed by atoms with Crippen molar-refractivity contribution in [2.45, 2.75) is 12.4 Å². The van der Waals surface area contributed by atoms with Gasteiger partial charge < -0.3 is 5.73 Å². The molecule has 0 saturated carbocycles. The van der Waals surface area contributed by atoms with Crippen LogP contribution in [-0.4, -0.2) is 25.7 Å². The highest BCUT2D eigenvalue weighted by Crippen LogP contribution is 2.38. The molecule has 162 valence electrons. The topological polar surface area (TPSA) is 86.7 Å². The van der Waals surface area contributed by atoms with Crippen LogP contribution in [0.2, 0.25) is 5.02 Å². The number of hydrogen-bond acceptors (Lipinski definition) is 4. The first kappa shape index (κ1) is 22.3. The number of carbonyl (C=O) groups excluding carboxylic acids is 1. The fourth-order valence-corrected chi connectivity index (χ4v) is 2.70. The van der Waals surface area contributed by atoms with Crippen molar-refractivity contribution >= 4 is 29.3 Å². The Hall–Kier alpha value is -3.41. The summed E-state index contributed by atoms with van der Waals surface area (Å²) in [6.45, 7) is 0. The first-order chi connectivity index (χ1) is 14.3. The Morgan fingerprint density at radius 3 is 2.13 bits per heavy atom. The summed E-state index contributed by atoms with van der Waals surface area (Å²) in [5.74, 6) is -1.33. The van der Waals surface area contributed by atoms with Gasteiger partial charge in [0, 0.05) is 29.7 Å². The summed E-state index contributed by atoms with van der Waals surface area (Å²) in [6.07, 6.45) is -5.37. The molecule has 13 heteroatoms. The molecule has 0 aliphatic carbocycles. The molecule has 2 aromatic heterocycles. The van der Waals surface area contributed by atoms with Crippen molar-refractivity contribution in [1.29, 1.82) is 0 Å². The van der Waals surface area contributed by atoms with Crippen molar-refractivity contribution in [3.8, 4) is 11.4 Å². The number of aromatic nitrogens is 4. The zero-order chi connectivity index (χ0) is 23.0. The van der Waals surface area contributed by atoms with Crippen molar-refractivity contribution in [2.24, 2.45) is 5.73 Å². The normalized spacial score (nSPS) is 12.8. The molecule has 6 nitrogen and oxygen atoms in total. The van der Waals surface area contributed by atoms with Gasteiger partial charge in [-0.3, -0.25) is 9.78 Å². The smallest absolute Gasteiger partial charge is 0.366 e. The van der Waals surface area contributed by atoms with E-state index in [1.165, 1.54) is 18.5 Å². The molecular formula is C18H10ClF6N5O. The van der Waals surface area contributed by atoms with Crippen molar-refractivity contribution in [3.63, 3.8) is 0 Å². The zero-order valence-corrected chi connectivity index (χ0v) is 15.8. The van der Waals surface area contributed by atoms with E-state index in [1.807, 2.05) is 0 Å². The number of carbonyl (C=O) groups is 1. The maximum Gasteiger partial charge on any atom is 0.416 e. The van der Waals surface area contributed by atoms with Crippen molar-refractivity contribution in [2.75, 3.05) is 0 Å². The Morgan fingerprint density at radius 1 is 1.00 bits per heavy atom. The molecule has 0 atom stereocenters. The Bertz CT molecular complexity index is 1140. The van der Waals surface area contributed by atoms with Crippen molar-refractivity contribution in [3.05, 3.63) is 64.7 Å². The highest BCUT2D eigenvalue weighted by atomic mass is 35.5. The third-order valence-electron chi connectivity index (χ3n) is 3.90. The van der Waals surface area contributed by atoms with Gasteiger partial charge in [0.2, 0.25) is 0 Å². The monoisotopic (exact) mass is 461 g/mol. The van der Waals surface area contributed by atoms with E-state index in [-0.39, 0.29) is 22.2 Å². The van der Waals surface area contributed by atoms with Crippen LogP contribution < -0.4 is 5.73 Å². The van der Waals surface area contributed by atoms with Crippen LogP contribution in [0.4, 0.5) is 26.3 Å². The number of nitrogens with zero attached hydrogens (tertiary/aromatic N) is 4. The van der Waals surface area contributed by atoms with Crippen LogP contribution in [0.3, 0.4) is 0 Å². The van der Waals surface area contributed by atoms with E-state index in [0.29, 0.717) is 12.1 Å². The van der Waals surface area contributed by atoms with E-state index >= 15 is 0 Å². The fourth-order valence-electron chi connectivity index (χ4n) is 2.53. The lowest BCUT2D eigenvalue weighted by Crippen LogP contribution is -2.14. The molecule has 0 aliphatic heterocycles. The summed E-state index contributed by atoms with van der Waals surface area (Å²) in [5, 5.41) is 4.03. The van der Waals surface area contributed by atoms with E-state index in [1.54, 1.807) is 0 Å². The molecule has 0 spiro atoms. The molecule has 31 heavy (non-hydrogen) atoms. The average molecular weight is 462 g/mol. The summed E-state index contributed by atoms with van der Waals surface area (Å²) in [7, 11) is 0. The second-order valence-corrected chi connectivity index (χ2v) is 6.58. The third-order valence-corrected chi connectivity index (χ3v) is 4.10. The largest absolute Gasteiger partial charge is 0.416 e. The van der Waals surface area contributed by atoms with Crippen LogP contribution in [0.5, 0.6) is 0 Å². The van der Waals surface area contributed by atoms with Crippen LogP contribution in [0, 0.1) is 0 Å². The van der Waals surface area contributed by atoms with Crippen LogP contribution >= 0.6 is 11.6 Å². The number of pyridine rings is 1. The van der Waals surface area contributed by atoms with Crippen molar-refractivity contribution in [1.82, 2.24) is 19.7 Å². The number of primary amides is 1. The van der Waals surface area contributed by atoms with Gasteiger partial charge in [-0.25, -0.2) is 9.67 Å². The Labute approximate surface area is 175 Å². The lowest BCUT2D eigenvalue weighted by Gasteiger charge is -2.13. The summed E-state index contributed by atoms with van der Waals surface area (Å²) in [5.41, 5.74) is 1.90. The number of rotatable bonds is 4. The molecule has 0 radical (unpaired) electrons. The molecule has 0 fully saturated rings. The minimum absolute atomic E-state index is 0.00225. The third kappa shape index (κ3) is 5.20. The number of halogens is 7. The molecule has 0 aliphatic rings. The van der Waals surface area contributed by atoms with Gasteiger partial charge in [0.25, 0.3) is 5.91 Å². The predicted molar refractivity (Wildman–Crippen MR) is 98.1 cm³/mol. The molecule has 1 amide bonds. The Kier molecular flexibility index (Phi) is 5.77. The van der Waals surface area contributed by atoms with Gasteiger partial charge in [0.15, 0.2) is 5.82 Å². The van der Waals surface area contributed by atoms with E-state index < -0.39 is 40.8 Å². The zero-order valence-electron chi connectivity index (χ0n) is 15.0. The summed E-state index contributed by atoms with van der Waals surface area (Å²) >= 11 is 5.82. The second kappa shape index (κ2) is 8.02. The van der Waals surface area contributed by atoms with Gasteiger partial charge in [0.05, 0.1) is 21.7 Å². The Morgan fingerprint density at radius 2 is 1.61 bits per heavy atom. The summed E-state index contributed by atoms with van der Waals surface area (Å²) < 4.78 is 79.2. The number of benzene rings is 1. The molecule has 0 bridgehead atoms. The van der Waals surface area contributed by atoms with Gasteiger partial charge in [0.1, 0.15) is 6.33 Å². The minimum Gasteiger partial charge on any atom is -0.366 e. The molecule has 3 aromatic rings. The molecule has 0 unspecified atom stereocenters. The molecular weight excluding hydrogens is 452 g/mol. The maximum absolute atomic E-state index is 13.0. The van der Waals surface area contributed by atoms with E-state index in [4.69, 9.17) is 17.3 Å². The van der Waals surface area contributed by atoms with Gasteiger partial charge in [-0.2, -0.15) is 26.3 Å². The lowest BCUT2D eigenvalue weighted by atomic mass is 10.0. The molecule has 1 aromatic carbocycles. The second-order valence-electron chi connectivity index (χ2n) is 6.14. The highest BCUT2D eigenvalue weighted by molar-refractivity contribution is 6.31. The van der Waals surface area contributed by atoms with E-state index in [0.717, 1.165) is 17.2 Å². The SMILES string of the molecule is NC(=O)C(=Cn1cnc(-c2cc(C(F)(F)F)cc(C(F)(F)F)c2)n1)c1cncc(Cl)c1. The Balaban J connectivity index is 2.07. The van der Waals surface area contributed by atoms with Gasteiger partial charge in [-0.15, -0.1) is 5.10 Å². The lowest BCUT2D eigenvalue weighted by molar-refractivity contribution is -0.143. The van der Waals surface area contributed by atoms with Crippen LogP contribution in [0.25, 0.3) is 23.2 Å². The van der Waals surface area contributed by atoms with Crippen LogP contribution in [0.15, 0.2) is 43.0 Å². The predicted octanol–water partition coefficient (Wildman–Crippen LogP) is 4.51.